The van der Waals surface area contributed by atoms with E-state index in [9.17, 15) is 9.18 Å². The van der Waals surface area contributed by atoms with E-state index in [0.717, 1.165) is 5.56 Å². The second-order valence-electron chi connectivity index (χ2n) is 3.44. The van der Waals surface area contributed by atoms with E-state index < -0.39 is 0 Å². The van der Waals surface area contributed by atoms with Gasteiger partial charge in [0.1, 0.15) is 5.82 Å². The third-order valence-corrected chi connectivity index (χ3v) is 2.24. The second kappa shape index (κ2) is 4.73. The largest absolute Gasteiger partial charge is 0.346 e. The van der Waals surface area contributed by atoms with Crippen LogP contribution in [0.3, 0.4) is 0 Å². The number of nitrogens with one attached hydrogen (secondary N) is 1. The molecule has 3 heteroatoms. The molecule has 0 aliphatic rings. The van der Waals surface area contributed by atoms with Crippen LogP contribution >= 0.6 is 0 Å². The molecule has 15 heavy (non-hydrogen) atoms. The maximum atomic E-state index is 13.2. The van der Waals surface area contributed by atoms with Gasteiger partial charge in [0.25, 0.3) is 0 Å². The van der Waals surface area contributed by atoms with Crippen LogP contribution in [0.2, 0.25) is 0 Å². The monoisotopic (exact) mass is 207 g/mol. The van der Waals surface area contributed by atoms with Gasteiger partial charge < -0.3 is 5.32 Å². The van der Waals surface area contributed by atoms with Gasteiger partial charge in [-0.15, -0.1) is 0 Å². The van der Waals surface area contributed by atoms with Gasteiger partial charge in [0.05, 0.1) is 6.04 Å². The zero-order valence-corrected chi connectivity index (χ0v) is 8.88. The summed E-state index contributed by atoms with van der Waals surface area (Å²) in [5, 5.41) is 2.67. The van der Waals surface area contributed by atoms with E-state index in [4.69, 9.17) is 0 Å². The van der Waals surface area contributed by atoms with Crippen LogP contribution in [0.4, 0.5) is 4.39 Å². The van der Waals surface area contributed by atoms with Gasteiger partial charge in [0.15, 0.2) is 0 Å². The predicted molar refractivity (Wildman–Crippen MR) is 57.9 cm³/mol. The number of carbonyl (C=O) groups is 1. The van der Waals surface area contributed by atoms with Gasteiger partial charge in [-0.2, -0.15) is 0 Å². The number of carbonyl (C=O) groups excluding carboxylic acids is 1. The molecule has 1 aromatic rings. The Labute approximate surface area is 88.8 Å². The van der Waals surface area contributed by atoms with Gasteiger partial charge in [-0.05, 0) is 37.1 Å². The molecule has 0 aliphatic heterocycles. The van der Waals surface area contributed by atoms with Crippen molar-refractivity contribution in [2.24, 2.45) is 0 Å². The van der Waals surface area contributed by atoms with E-state index in [0.29, 0.717) is 5.56 Å². The summed E-state index contributed by atoms with van der Waals surface area (Å²) in [5.74, 6) is -0.518. The molecule has 0 saturated heterocycles. The lowest BCUT2D eigenvalue weighted by molar-refractivity contribution is -0.117. The van der Waals surface area contributed by atoms with Crippen molar-refractivity contribution in [2.45, 2.75) is 19.9 Å². The number of amides is 1. The highest BCUT2D eigenvalue weighted by Crippen LogP contribution is 2.16. The molecular formula is C12H14FNO. The molecule has 1 rings (SSSR count). The lowest BCUT2D eigenvalue weighted by Crippen LogP contribution is -2.24. The Morgan fingerprint density at radius 1 is 1.60 bits per heavy atom. The van der Waals surface area contributed by atoms with E-state index in [1.165, 1.54) is 12.1 Å². The number of benzene rings is 1. The summed E-state index contributed by atoms with van der Waals surface area (Å²) in [5.41, 5.74) is 1.34. The van der Waals surface area contributed by atoms with Crippen LogP contribution in [0.25, 0.3) is 0 Å². The van der Waals surface area contributed by atoms with Gasteiger partial charge in [-0.3, -0.25) is 4.79 Å². The molecule has 1 aromatic carbocycles. The summed E-state index contributed by atoms with van der Waals surface area (Å²) in [6.45, 7) is 6.85. The zero-order valence-electron chi connectivity index (χ0n) is 8.88. The highest BCUT2D eigenvalue weighted by Gasteiger charge is 2.08. The third kappa shape index (κ3) is 2.91. The molecule has 2 nitrogen and oxygen atoms in total. The third-order valence-electron chi connectivity index (χ3n) is 2.24. The van der Waals surface area contributed by atoms with Crippen molar-refractivity contribution in [2.75, 3.05) is 0 Å². The second-order valence-corrected chi connectivity index (χ2v) is 3.44. The van der Waals surface area contributed by atoms with Crippen molar-refractivity contribution in [3.8, 4) is 0 Å². The van der Waals surface area contributed by atoms with Gasteiger partial charge in [0, 0.05) is 0 Å². The first-order valence-electron chi connectivity index (χ1n) is 4.73. The molecule has 0 aromatic heterocycles. The fourth-order valence-electron chi connectivity index (χ4n) is 1.23. The molecule has 0 heterocycles. The summed E-state index contributed by atoms with van der Waals surface area (Å²) in [6.07, 6.45) is 1.20. The van der Waals surface area contributed by atoms with Gasteiger partial charge in [0.2, 0.25) is 5.91 Å². The molecular weight excluding hydrogens is 193 g/mol. The SMILES string of the molecule is C=CC(=O)NC(C)c1ccc(C)c(F)c1. The van der Waals surface area contributed by atoms with Crippen LogP contribution in [0.5, 0.6) is 0 Å². The van der Waals surface area contributed by atoms with E-state index in [2.05, 4.69) is 11.9 Å². The Hall–Kier alpha value is -1.64. The first kappa shape index (κ1) is 11.4. The van der Waals surface area contributed by atoms with Crippen molar-refractivity contribution in [1.82, 2.24) is 5.32 Å². The number of halogens is 1. The van der Waals surface area contributed by atoms with Crippen molar-refractivity contribution in [3.63, 3.8) is 0 Å². The maximum absolute atomic E-state index is 13.2. The fraction of sp³-hybridized carbons (Fsp3) is 0.250. The normalized spacial score (nSPS) is 11.9. The summed E-state index contributed by atoms with van der Waals surface area (Å²) in [7, 11) is 0. The Morgan fingerprint density at radius 3 is 2.80 bits per heavy atom. The minimum Gasteiger partial charge on any atom is -0.346 e. The van der Waals surface area contributed by atoms with E-state index in [1.54, 1.807) is 26.0 Å². The summed E-state index contributed by atoms with van der Waals surface area (Å²) in [4.78, 5) is 11.0. The van der Waals surface area contributed by atoms with Crippen LogP contribution in [-0.2, 0) is 4.79 Å². The lowest BCUT2D eigenvalue weighted by atomic mass is 10.1. The number of aryl methyl sites for hydroxylation is 1. The average molecular weight is 207 g/mol. The molecule has 1 unspecified atom stereocenters. The standard InChI is InChI=1S/C12H14FNO/c1-4-12(15)14-9(3)10-6-5-8(2)11(13)7-10/h4-7,9H,1H2,2-3H3,(H,14,15). The Morgan fingerprint density at radius 2 is 2.27 bits per heavy atom. The summed E-state index contributed by atoms with van der Waals surface area (Å²) < 4.78 is 13.2. The van der Waals surface area contributed by atoms with Crippen LogP contribution in [0, 0.1) is 12.7 Å². The number of rotatable bonds is 3. The van der Waals surface area contributed by atoms with E-state index >= 15 is 0 Å². The Bertz CT molecular complexity index is 387. The van der Waals surface area contributed by atoms with Crippen molar-refractivity contribution < 1.29 is 9.18 Å². The van der Waals surface area contributed by atoms with Gasteiger partial charge in [-0.25, -0.2) is 4.39 Å². The van der Waals surface area contributed by atoms with Crippen molar-refractivity contribution in [1.29, 1.82) is 0 Å². The van der Waals surface area contributed by atoms with Crippen LogP contribution in [0.15, 0.2) is 30.9 Å². The van der Waals surface area contributed by atoms with E-state index in [1.807, 2.05) is 0 Å². The van der Waals surface area contributed by atoms with Crippen molar-refractivity contribution in [3.05, 3.63) is 47.8 Å². The molecule has 1 atom stereocenters. The molecule has 0 fully saturated rings. The molecule has 0 aliphatic carbocycles. The number of hydrogen-bond acceptors (Lipinski definition) is 1. The summed E-state index contributed by atoms with van der Waals surface area (Å²) in [6, 6.07) is 4.71. The highest BCUT2D eigenvalue weighted by molar-refractivity contribution is 5.87. The maximum Gasteiger partial charge on any atom is 0.243 e. The molecule has 80 valence electrons. The average Bonchev–Trinajstić information content (AvgIpc) is 2.21. The predicted octanol–water partition coefficient (Wildman–Crippen LogP) is 2.50. The Balaban J connectivity index is 2.82. The Kier molecular flexibility index (Phi) is 3.61. The fourth-order valence-corrected chi connectivity index (χ4v) is 1.23. The zero-order chi connectivity index (χ0) is 11.4. The van der Waals surface area contributed by atoms with Crippen molar-refractivity contribution >= 4 is 5.91 Å². The first-order chi connectivity index (χ1) is 7.04. The van der Waals surface area contributed by atoms with Crippen LogP contribution in [-0.4, -0.2) is 5.91 Å². The minimum atomic E-state index is -0.261. The molecule has 0 saturated carbocycles. The molecule has 0 spiro atoms. The smallest absolute Gasteiger partial charge is 0.243 e. The topological polar surface area (TPSA) is 29.1 Å². The highest BCUT2D eigenvalue weighted by atomic mass is 19.1. The van der Waals surface area contributed by atoms with Gasteiger partial charge >= 0.3 is 0 Å². The molecule has 1 amide bonds. The van der Waals surface area contributed by atoms with Gasteiger partial charge in [-0.1, -0.05) is 18.7 Å². The lowest BCUT2D eigenvalue weighted by Gasteiger charge is -2.13. The molecule has 0 radical (unpaired) electrons. The first-order valence-corrected chi connectivity index (χ1v) is 4.73. The quantitative estimate of drug-likeness (QED) is 0.758. The van der Waals surface area contributed by atoms with Crippen LogP contribution < -0.4 is 5.32 Å². The van der Waals surface area contributed by atoms with E-state index in [-0.39, 0.29) is 17.8 Å². The molecule has 1 N–H and O–H groups in total. The van der Waals surface area contributed by atoms with Crippen LogP contribution in [0.1, 0.15) is 24.1 Å². The number of hydrogen-bond donors (Lipinski definition) is 1. The minimum absolute atomic E-state index is 0.217. The summed E-state index contributed by atoms with van der Waals surface area (Å²) >= 11 is 0. The molecule has 0 bridgehead atoms.